The number of rotatable bonds is 8. The number of carbonyl (C=O) groups excluding carboxylic acids is 2. The number of amides is 2. The number of benzene rings is 2. The van der Waals surface area contributed by atoms with Gasteiger partial charge in [-0.2, -0.15) is 0 Å². The van der Waals surface area contributed by atoms with Crippen LogP contribution in [-0.2, 0) is 20.7 Å². The predicted octanol–water partition coefficient (Wildman–Crippen LogP) is 3.24. The van der Waals surface area contributed by atoms with Gasteiger partial charge >= 0.3 is 0 Å². The lowest BCUT2D eigenvalue weighted by Gasteiger charge is -2.36. The molecular weight excluding hydrogens is 421 g/mol. The summed E-state index contributed by atoms with van der Waals surface area (Å²) in [5.41, 5.74) is 1.79. The fraction of sp³-hybridized carbons (Fsp3) is 0.462. The topological polar surface area (TPSA) is 70.7 Å². The minimum Gasteiger partial charge on any atom is -0.376 e. The highest BCUT2D eigenvalue weighted by Gasteiger charge is 2.35. The second kappa shape index (κ2) is 11.4. The fourth-order valence-electron chi connectivity index (χ4n) is 4.63. The molecule has 0 aromatic heterocycles. The van der Waals surface area contributed by atoms with E-state index in [2.05, 4.69) is 27.7 Å². The van der Waals surface area contributed by atoms with Gasteiger partial charge in [-0.25, -0.2) is 4.39 Å². The van der Waals surface area contributed by atoms with Gasteiger partial charge in [-0.05, 0) is 55.5 Å². The normalized spacial score (nSPS) is 23.2. The number of carbonyl (C=O) groups is 2. The smallest absolute Gasteiger partial charge is 0.228 e. The Bertz CT molecular complexity index is 916. The van der Waals surface area contributed by atoms with E-state index in [4.69, 9.17) is 4.74 Å². The van der Waals surface area contributed by atoms with E-state index in [0.29, 0.717) is 31.7 Å². The number of likely N-dealkylation sites (tertiary alicyclic amines) is 1. The molecule has 0 spiro atoms. The van der Waals surface area contributed by atoms with Crippen LogP contribution in [0.1, 0.15) is 24.8 Å². The number of nitrogens with one attached hydrogen (secondary N) is 2. The van der Waals surface area contributed by atoms with Gasteiger partial charge in [-0.15, -0.1) is 0 Å². The van der Waals surface area contributed by atoms with Gasteiger partial charge in [-0.3, -0.25) is 9.59 Å². The summed E-state index contributed by atoms with van der Waals surface area (Å²) in [4.78, 5) is 28.2. The van der Waals surface area contributed by atoms with Gasteiger partial charge in [0.1, 0.15) is 5.82 Å². The van der Waals surface area contributed by atoms with Crippen molar-refractivity contribution in [2.75, 3.05) is 38.1 Å². The van der Waals surface area contributed by atoms with Crippen LogP contribution in [0.5, 0.6) is 0 Å². The van der Waals surface area contributed by atoms with Crippen LogP contribution < -0.4 is 10.6 Å². The Kier molecular flexibility index (Phi) is 8.07. The molecule has 0 saturated carbocycles. The van der Waals surface area contributed by atoms with E-state index in [9.17, 15) is 14.0 Å². The van der Waals surface area contributed by atoms with E-state index in [0.717, 1.165) is 32.4 Å². The molecule has 3 atom stereocenters. The molecule has 2 amide bonds. The molecule has 0 aliphatic carbocycles. The van der Waals surface area contributed by atoms with E-state index < -0.39 is 0 Å². The van der Waals surface area contributed by atoms with E-state index >= 15 is 0 Å². The molecule has 2 aliphatic heterocycles. The van der Waals surface area contributed by atoms with Crippen molar-refractivity contribution in [3.05, 3.63) is 66.0 Å². The number of piperidine rings is 1. The Morgan fingerprint density at radius 1 is 1.00 bits per heavy atom. The predicted molar refractivity (Wildman–Crippen MR) is 125 cm³/mol. The van der Waals surface area contributed by atoms with Crippen molar-refractivity contribution in [2.45, 2.75) is 31.8 Å². The Labute approximate surface area is 194 Å². The zero-order valence-corrected chi connectivity index (χ0v) is 18.8. The van der Waals surface area contributed by atoms with Crippen LogP contribution in [0, 0.1) is 17.7 Å². The van der Waals surface area contributed by atoms with Crippen LogP contribution in [0.3, 0.4) is 0 Å². The van der Waals surface area contributed by atoms with Gasteiger partial charge < -0.3 is 20.3 Å². The second-order valence-corrected chi connectivity index (χ2v) is 9.00. The van der Waals surface area contributed by atoms with Crippen LogP contribution in [0.25, 0.3) is 0 Å². The summed E-state index contributed by atoms with van der Waals surface area (Å²) in [5, 5.41) is 5.93. The van der Waals surface area contributed by atoms with Crippen molar-refractivity contribution in [1.82, 2.24) is 10.2 Å². The number of ether oxygens (including phenoxy) is 1. The first-order valence-corrected chi connectivity index (χ1v) is 11.8. The molecular formula is C26H32FN3O3. The lowest BCUT2D eigenvalue weighted by Crippen LogP contribution is -2.50. The highest BCUT2D eigenvalue weighted by molar-refractivity contribution is 5.93. The zero-order valence-electron chi connectivity index (χ0n) is 18.8. The number of hydrogen-bond donors (Lipinski definition) is 2. The number of nitrogens with zero attached hydrogens (tertiary/aromatic N) is 1. The van der Waals surface area contributed by atoms with Crippen molar-refractivity contribution in [1.29, 1.82) is 0 Å². The first-order valence-electron chi connectivity index (χ1n) is 11.8. The minimum atomic E-state index is -0.347. The molecule has 0 unspecified atom stereocenters. The van der Waals surface area contributed by atoms with Crippen LogP contribution in [0.2, 0.25) is 0 Å². The molecule has 6 nitrogen and oxygen atoms in total. The Hall–Kier alpha value is -2.77. The summed E-state index contributed by atoms with van der Waals surface area (Å²) in [6.07, 6.45) is 3.44. The molecule has 0 bridgehead atoms. The molecule has 0 radical (unpaired) electrons. The third-order valence-electron chi connectivity index (χ3n) is 6.47. The third kappa shape index (κ3) is 6.85. The molecule has 2 heterocycles. The summed E-state index contributed by atoms with van der Waals surface area (Å²) < 4.78 is 18.8. The SMILES string of the molecule is O=C(NC[C@@H]1CCCO1)[C@H]1C[C@@H](C(=O)Nc2ccc(F)cc2)CN(CCc2ccccc2)C1. The summed E-state index contributed by atoms with van der Waals surface area (Å²) in [7, 11) is 0. The van der Waals surface area contributed by atoms with Gasteiger partial charge in [0.2, 0.25) is 11.8 Å². The third-order valence-corrected chi connectivity index (χ3v) is 6.47. The maximum Gasteiger partial charge on any atom is 0.228 e. The second-order valence-electron chi connectivity index (χ2n) is 9.00. The molecule has 7 heteroatoms. The van der Waals surface area contributed by atoms with Crippen molar-refractivity contribution in [2.24, 2.45) is 11.8 Å². The average molecular weight is 454 g/mol. The average Bonchev–Trinajstić information content (AvgIpc) is 3.37. The van der Waals surface area contributed by atoms with E-state index in [-0.39, 0.29) is 35.6 Å². The molecule has 2 fully saturated rings. The number of hydrogen-bond acceptors (Lipinski definition) is 4. The highest BCUT2D eigenvalue weighted by Crippen LogP contribution is 2.25. The molecule has 4 rings (SSSR count). The largest absolute Gasteiger partial charge is 0.376 e. The number of halogens is 1. The van der Waals surface area contributed by atoms with Crippen LogP contribution in [-0.4, -0.2) is 55.6 Å². The fourth-order valence-corrected chi connectivity index (χ4v) is 4.63. The van der Waals surface area contributed by atoms with Gasteiger partial charge in [0, 0.05) is 38.5 Å². The van der Waals surface area contributed by atoms with E-state index in [1.807, 2.05) is 18.2 Å². The van der Waals surface area contributed by atoms with Crippen LogP contribution >= 0.6 is 0 Å². The van der Waals surface area contributed by atoms with Crippen molar-refractivity contribution >= 4 is 17.5 Å². The summed E-state index contributed by atoms with van der Waals surface area (Å²) >= 11 is 0. The summed E-state index contributed by atoms with van der Waals surface area (Å²) in [5.74, 6) is -1.09. The maximum atomic E-state index is 13.2. The first kappa shape index (κ1) is 23.4. The minimum absolute atomic E-state index is 0.0190. The molecule has 2 aromatic rings. The van der Waals surface area contributed by atoms with Crippen molar-refractivity contribution < 1.29 is 18.7 Å². The van der Waals surface area contributed by atoms with Gasteiger partial charge in [0.05, 0.1) is 17.9 Å². The Morgan fingerprint density at radius 2 is 1.73 bits per heavy atom. The standard InChI is InChI=1S/C26H32FN3O3/c27-22-8-10-23(11-9-22)29-26(32)21-15-20(25(31)28-16-24-7-4-14-33-24)17-30(18-21)13-12-19-5-2-1-3-6-19/h1-3,5-6,8-11,20-21,24H,4,7,12-18H2,(H,28,31)(H,29,32)/t20-,21+,24-/m0/s1. The lowest BCUT2D eigenvalue weighted by atomic mass is 9.87. The van der Waals surface area contributed by atoms with Crippen LogP contribution in [0.15, 0.2) is 54.6 Å². The van der Waals surface area contributed by atoms with E-state index in [1.54, 1.807) is 12.1 Å². The van der Waals surface area contributed by atoms with Gasteiger partial charge in [-0.1, -0.05) is 30.3 Å². The summed E-state index contributed by atoms with van der Waals surface area (Å²) in [6.45, 7) is 3.27. The highest BCUT2D eigenvalue weighted by atomic mass is 19.1. The first-order chi connectivity index (χ1) is 16.1. The van der Waals surface area contributed by atoms with Gasteiger partial charge in [0.15, 0.2) is 0 Å². The molecule has 2 aromatic carbocycles. The molecule has 33 heavy (non-hydrogen) atoms. The summed E-state index contributed by atoms with van der Waals surface area (Å²) in [6, 6.07) is 16.0. The van der Waals surface area contributed by atoms with Crippen molar-refractivity contribution in [3.63, 3.8) is 0 Å². The molecule has 2 N–H and O–H groups in total. The maximum absolute atomic E-state index is 13.2. The Balaban J connectivity index is 1.39. The zero-order chi connectivity index (χ0) is 23.0. The monoisotopic (exact) mass is 453 g/mol. The Morgan fingerprint density at radius 3 is 2.42 bits per heavy atom. The quantitative estimate of drug-likeness (QED) is 0.644. The molecule has 176 valence electrons. The van der Waals surface area contributed by atoms with Crippen molar-refractivity contribution in [3.8, 4) is 0 Å². The van der Waals surface area contributed by atoms with Crippen LogP contribution in [0.4, 0.5) is 10.1 Å². The van der Waals surface area contributed by atoms with Gasteiger partial charge in [0.25, 0.3) is 0 Å². The lowest BCUT2D eigenvalue weighted by molar-refractivity contribution is -0.130. The molecule has 2 saturated heterocycles. The van der Waals surface area contributed by atoms with E-state index in [1.165, 1.54) is 17.7 Å². The molecule has 2 aliphatic rings. The number of anilines is 1.